The zero-order valence-corrected chi connectivity index (χ0v) is 33.7. The van der Waals surface area contributed by atoms with Gasteiger partial charge >= 0.3 is 0 Å². The molecule has 7 nitrogen and oxygen atoms in total. The zero-order chi connectivity index (χ0) is 41.4. The van der Waals surface area contributed by atoms with Crippen molar-refractivity contribution >= 4 is 65.6 Å². The standard InChI is InChI=1S/C56H34N6O/c1-3-14-36(15-4-1)54-58-55(37-28-26-35(27-29-37)46-21-13-22-47(57-46)38-30-31-43-42-20-9-12-25-50(42)63-51(43)34-38)60-56(59-54)62-49-24-11-8-19-41(49)45-33-32-44-40-18-7-10-23-48(40)61(52(44)53(45)62)39-16-5-2-6-17-39/h1-34H. The van der Waals surface area contributed by atoms with Crippen LogP contribution in [0.2, 0.25) is 0 Å². The number of nitrogens with zero attached hydrogens (tertiary/aromatic N) is 6. The summed E-state index contributed by atoms with van der Waals surface area (Å²) in [6.07, 6.45) is 0. The third-order valence-corrected chi connectivity index (χ3v) is 12.2. The monoisotopic (exact) mass is 806 g/mol. The van der Waals surface area contributed by atoms with E-state index in [2.05, 4.69) is 155 Å². The van der Waals surface area contributed by atoms with Crippen LogP contribution in [0.4, 0.5) is 0 Å². The van der Waals surface area contributed by atoms with E-state index in [4.69, 9.17) is 24.4 Å². The molecular formula is C56H34N6O. The molecule has 5 aromatic heterocycles. The first kappa shape index (κ1) is 35.1. The van der Waals surface area contributed by atoms with Gasteiger partial charge < -0.3 is 8.98 Å². The molecule has 0 fully saturated rings. The van der Waals surface area contributed by atoms with Crippen molar-refractivity contribution in [3.8, 4) is 56.9 Å². The highest BCUT2D eigenvalue weighted by Gasteiger charge is 2.23. The van der Waals surface area contributed by atoms with Gasteiger partial charge in [-0.05, 0) is 54.6 Å². The average molecular weight is 807 g/mol. The van der Waals surface area contributed by atoms with Gasteiger partial charge in [0.15, 0.2) is 11.6 Å². The molecule has 0 bridgehead atoms. The number of rotatable bonds is 6. The molecule has 0 radical (unpaired) electrons. The van der Waals surface area contributed by atoms with Gasteiger partial charge in [0.2, 0.25) is 5.95 Å². The van der Waals surface area contributed by atoms with Gasteiger partial charge in [-0.2, -0.15) is 9.97 Å². The maximum Gasteiger partial charge on any atom is 0.238 e. The van der Waals surface area contributed by atoms with Crippen LogP contribution in [0, 0.1) is 0 Å². The molecule has 7 heteroatoms. The Morgan fingerprint density at radius 1 is 0.317 bits per heavy atom. The summed E-state index contributed by atoms with van der Waals surface area (Å²) in [5.41, 5.74) is 12.6. The molecule has 0 saturated carbocycles. The number of hydrogen-bond donors (Lipinski definition) is 0. The summed E-state index contributed by atoms with van der Waals surface area (Å²) in [5, 5.41) is 6.80. The fourth-order valence-electron chi connectivity index (χ4n) is 9.30. The Bertz CT molecular complexity index is 3900. The van der Waals surface area contributed by atoms with Gasteiger partial charge in [0, 0.05) is 60.3 Å². The summed E-state index contributed by atoms with van der Waals surface area (Å²) in [5.74, 6) is 1.72. The molecule has 0 aliphatic heterocycles. The van der Waals surface area contributed by atoms with Crippen molar-refractivity contribution in [2.45, 2.75) is 0 Å². The quantitative estimate of drug-likeness (QED) is 0.167. The van der Waals surface area contributed by atoms with Crippen LogP contribution < -0.4 is 0 Å². The van der Waals surface area contributed by atoms with E-state index in [0.717, 1.165) is 99.5 Å². The van der Waals surface area contributed by atoms with E-state index < -0.39 is 0 Å². The number of fused-ring (bicyclic) bond motifs is 10. The molecular weight excluding hydrogens is 773 g/mol. The van der Waals surface area contributed by atoms with Gasteiger partial charge in [-0.3, -0.25) is 4.57 Å². The van der Waals surface area contributed by atoms with Crippen molar-refractivity contribution in [3.05, 3.63) is 206 Å². The van der Waals surface area contributed by atoms with E-state index in [1.54, 1.807) is 0 Å². The third-order valence-electron chi connectivity index (χ3n) is 12.2. The number of para-hydroxylation sites is 4. The van der Waals surface area contributed by atoms with Gasteiger partial charge in [-0.1, -0.05) is 152 Å². The highest BCUT2D eigenvalue weighted by Crippen LogP contribution is 2.42. The normalized spacial score (nSPS) is 11.8. The fourth-order valence-corrected chi connectivity index (χ4v) is 9.30. The Morgan fingerprint density at radius 2 is 0.825 bits per heavy atom. The number of benzene rings is 8. The molecule has 0 aliphatic rings. The second-order valence-electron chi connectivity index (χ2n) is 15.8. The van der Waals surface area contributed by atoms with Crippen molar-refractivity contribution in [1.29, 1.82) is 0 Å². The largest absolute Gasteiger partial charge is 0.456 e. The first-order chi connectivity index (χ1) is 31.2. The minimum atomic E-state index is 0.544. The number of furan rings is 1. The molecule has 0 N–H and O–H groups in total. The summed E-state index contributed by atoms with van der Waals surface area (Å²) in [6, 6.07) is 71.4. The highest BCUT2D eigenvalue weighted by molar-refractivity contribution is 6.23. The van der Waals surface area contributed by atoms with Crippen LogP contribution in [0.1, 0.15) is 0 Å². The maximum absolute atomic E-state index is 6.20. The lowest BCUT2D eigenvalue weighted by molar-refractivity contribution is 0.669. The van der Waals surface area contributed by atoms with Crippen LogP contribution in [-0.2, 0) is 0 Å². The van der Waals surface area contributed by atoms with Gasteiger partial charge in [0.1, 0.15) is 11.2 Å². The second kappa shape index (κ2) is 13.9. The first-order valence-corrected chi connectivity index (χ1v) is 21.1. The van der Waals surface area contributed by atoms with Crippen molar-refractivity contribution < 1.29 is 4.42 Å². The van der Waals surface area contributed by atoms with E-state index in [-0.39, 0.29) is 0 Å². The molecule has 13 aromatic rings. The molecule has 63 heavy (non-hydrogen) atoms. The lowest BCUT2D eigenvalue weighted by Crippen LogP contribution is -2.07. The Morgan fingerprint density at radius 3 is 1.54 bits per heavy atom. The number of aromatic nitrogens is 6. The van der Waals surface area contributed by atoms with Crippen LogP contribution in [-0.4, -0.2) is 29.1 Å². The van der Waals surface area contributed by atoms with Gasteiger partial charge in [-0.15, -0.1) is 0 Å². The Hall–Kier alpha value is -8.68. The minimum Gasteiger partial charge on any atom is -0.456 e. The van der Waals surface area contributed by atoms with E-state index in [9.17, 15) is 0 Å². The molecule has 13 rings (SSSR count). The Labute approximate surface area is 360 Å². The average Bonchev–Trinajstić information content (AvgIpc) is 4.02. The summed E-state index contributed by atoms with van der Waals surface area (Å²) >= 11 is 0. The zero-order valence-electron chi connectivity index (χ0n) is 33.7. The maximum atomic E-state index is 6.20. The molecule has 5 heterocycles. The topological polar surface area (TPSA) is 74.6 Å². The molecule has 8 aromatic carbocycles. The molecule has 0 spiro atoms. The molecule has 0 atom stereocenters. The summed E-state index contributed by atoms with van der Waals surface area (Å²) < 4.78 is 10.8. The number of pyridine rings is 1. The second-order valence-corrected chi connectivity index (χ2v) is 15.8. The van der Waals surface area contributed by atoms with Crippen LogP contribution in [0.3, 0.4) is 0 Å². The van der Waals surface area contributed by atoms with E-state index in [0.29, 0.717) is 17.6 Å². The van der Waals surface area contributed by atoms with Crippen molar-refractivity contribution in [2.75, 3.05) is 0 Å². The lowest BCUT2D eigenvalue weighted by atomic mass is 10.0. The van der Waals surface area contributed by atoms with E-state index in [1.807, 2.05) is 60.7 Å². The Balaban J connectivity index is 0.978. The predicted molar refractivity (Wildman–Crippen MR) is 255 cm³/mol. The molecule has 0 amide bonds. The summed E-state index contributed by atoms with van der Waals surface area (Å²) in [4.78, 5) is 20.9. The lowest BCUT2D eigenvalue weighted by Gasteiger charge is -2.13. The van der Waals surface area contributed by atoms with Crippen molar-refractivity contribution in [2.24, 2.45) is 0 Å². The number of hydrogen-bond acceptors (Lipinski definition) is 5. The minimum absolute atomic E-state index is 0.544. The third kappa shape index (κ3) is 5.60. The summed E-state index contributed by atoms with van der Waals surface area (Å²) in [7, 11) is 0. The SMILES string of the molecule is c1ccc(-c2nc(-c3ccc(-c4cccc(-c5ccc6c(c5)oc5ccccc56)n4)cc3)nc(-n3c4ccccc4c4ccc5c6ccccc6n(-c6ccccc6)c5c43)n2)cc1. The highest BCUT2D eigenvalue weighted by atomic mass is 16.3. The smallest absolute Gasteiger partial charge is 0.238 e. The van der Waals surface area contributed by atoms with Gasteiger partial charge in [-0.25, -0.2) is 9.97 Å². The predicted octanol–water partition coefficient (Wildman–Crippen LogP) is 14.0. The molecule has 0 unspecified atom stereocenters. The van der Waals surface area contributed by atoms with Gasteiger partial charge in [0.05, 0.1) is 33.5 Å². The van der Waals surface area contributed by atoms with Crippen molar-refractivity contribution in [3.63, 3.8) is 0 Å². The van der Waals surface area contributed by atoms with Crippen LogP contribution in [0.25, 0.3) is 122 Å². The molecule has 294 valence electrons. The Kier molecular flexibility index (Phi) is 7.77. The van der Waals surface area contributed by atoms with Gasteiger partial charge in [0.25, 0.3) is 0 Å². The first-order valence-electron chi connectivity index (χ1n) is 21.1. The van der Waals surface area contributed by atoms with Crippen LogP contribution in [0.5, 0.6) is 0 Å². The fraction of sp³-hybridized carbons (Fsp3) is 0. The van der Waals surface area contributed by atoms with E-state index >= 15 is 0 Å². The van der Waals surface area contributed by atoms with Crippen molar-refractivity contribution in [1.82, 2.24) is 29.1 Å². The van der Waals surface area contributed by atoms with E-state index in [1.165, 1.54) is 5.39 Å². The van der Waals surface area contributed by atoms with Crippen LogP contribution in [0.15, 0.2) is 211 Å². The van der Waals surface area contributed by atoms with Crippen LogP contribution >= 0.6 is 0 Å². The summed E-state index contributed by atoms with van der Waals surface area (Å²) in [6.45, 7) is 0. The molecule has 0 aliphatic carbocycles. The molecule has 0 saturated heterocycles.